The van der Waals surface area contributed by atoms with Gasteiger partial charge in [0.2, 0.25) is 0 Å². The normalized spacial score (nSPS) is 13.2. The first-order chi connectivity index (χ1) is 8.41. The SMILES string of the molecule is CC(CS(=O)(=O)COCc1ccccc1)C(=O)O. The van der Waals surface area contributed by atoms with Crippen molar-refractivity contribution in [2.45, 2.75) is 13.5 Å². The van der Waals surface area contributed by atoms with Crippen LogP contribution in [0.3, 0.4) is 0 Å². The monoisotopic (exact) mass is 272 g/mol. The lowest BCUT2D eigenvalue weighted by Crippen LogP contribution is -2.23. The first-order valence-electron chi connectivity index (χ1n) is 5.45. The van der Waals surface area contributed by atoms with Gasteiger partial charge < -0.3 is 9.84 Å². The van der Waals surface area contributed by atoms with Crippen LogP contribution < -0.4 is 0 Å². The third-order valence-corrected chi connectivity index (χ3v) is 3.83. The van der Waals surface area contributed by atoms with Gasteiger partial charge in [0.1, 0.15) is 5.94 Å². The van der Waals surface area contributed by atoms with Crippen LogP contribution >= 0.6 is 0 Å². The van der Waals surface area contributed by atoms with Crippen LogP contribution in [0.1, 0.15) is 12.5 Å². The average Bonchev–Trinajstić information content (AvgIpc) is 2.29. The second kappa shape index (κ2) is 6.51. The van der Waals surface area contributed by atoms with Gasteiger partial charge in [-0.2, -0.15) is 0 Å². The predicted molar refractivity (Wildman–Crippen MR) is 66.7 cm³/mol. The second-order valence-electron chi connectivity index (χ2n) is 4.10. The fourth-order valence-electron chi connectivity index (χ4n) is 1.36. The van der Waals surface area contributed by atoms with Crippen molar-refractivity contribution in [3.8, 4) is 0 Å². The standard InChI is InChI=1S/C12H16O5S/c1-10(12(13)14)8-18(15,16)9-17-7-11-5-3-2-4-6-11/h2-6,10H,7-9H2,1H3,(H,13,14). The largest absolute Gasteiger partial charge is 0.481 e. The Bertz CT molecular complexity index is 480. The zero-order chi connectivity index (χ0) is 13.6. The maximum atomic E-state index is 11.5. The van der Waals surface area contributed by atoms with Crippen LogP contribution in [-0.4, -0.2) is 31.2 Å². The van der Waals surface area contributed by atoms with Crippen molar-refractivity contribution in [2.75, 3.05) is 11.7 Å². The van der Waals surface area contributed by atoms with E-state index in [-0.39, 0.29) is 6.61 Å². The van der Waals surface area contributed by atoms with E-state index in [1.54, 1.807) is 0 Å². The van der Waals surface area contributed by atoms with Crippen molar-refractivity contribution in [3.63, 3.8) is 0 Å². The summed E-state index contributed by atoms with van der Waals surface area (Å²) in [5.74, 6) is -2.91. The van der Waals surface area contributed by atoms with Crippen LogP contribution in [-0.2, 0) is 26.0 Å². The predicted octanol–water partition coefficient (Wildman–Crippen LogP) is 1.30. The number of carboxylic acid groups (broad SMARTS) is 1. The van der Waals surface area contributed by atoms with E-state index in [0.29, 0.717) is 0 Å². The van der Waals surface area contributed by atoms with E-state index in [9.17, 15) is 13.2 Å². The quantitative estimate of drug-likeness (QED) is 0.809. The lowest BCUT2D eigenvalue weighted by Gasteiger charge is -2.08. The van der Waals surface area contributed by atoms with Crippen molar-refractivity contribution >= 4 is 15.8 Å². The van der Waals surface area contributed by atoms with Gasteiger partial charge in [0, 0.05) is 0 Å². The number of sulfone groups is 1. The third kappa shape index (κ3) is 5.29. The molecule has 6 heteroatoms. The maximum Gasteiger partial charge on any atom is 0.307 e. The molecule has 0 fully saturated rings. The van der Waals surface area contributed by atoms with Crippen LogP contribution in [0.15, 0.2) is 30.3 Å². The first kappa shape index (κ1) is 14.7. The Labute approximate surface area is 106 Å². The highest BCUT2D eigenvalue weighted by molar-refractivity contribution is 7.91. The molecule has 0 radical (unpaired) electrons. The molecule has 0 heterocycles. The van der Waals surface area contributed by atoms with Crippen molar-refractivity contribution in [2.24, 2.45) is 5.92 Å². The van der Waals surface area contributed by atoms with E-state index < -0.39 is 33.4 Å². The minimum Gasteiger partial charge on any atom is -0.481 e. The van der Waals surface area contributed by atoms with Gasteiger partial charge >= 0.3 is 5.97 Å². The Morgan fingerprint density at radius 1 is 1.33 bits per heavy atom. The van der Waals surface area contributed by atoms with E-state index in [2.05, 4.69) is 0 Å². The number of hydrogen-bond acceptors (Lipinski definition) is 4. The molecule has 0 amide bonds. The molecule has 1 unspecified atom stereocenters. The van der Waals surface area contributed by atoms with Crippen molar-refractivity contribution in [1.82, 2.24) is 0 Å². The molecule has 0 bridgehead atoms. The number of benzene rings is 1. The summed E-state index contributed by atoms with van der Waals surface area (Å²) < 4.78 is 28.2. The first-order valence-corrected chi connectivity index (χ1v) is 7.28. The molecule has 1 atom stereocenters. The highest BCUT2D eigenvalue weighted by Gasteiger charge is 2.21. The highest BCUT2D eigenvalue weighted by atomic mass is 32.2. The Kier molecular flexibility index (Phi) is 5.30. The molecule has 1 aromatic rings. The maximum absolute atomic E-state index is 11.5. The summed E-state index contributed by atoms with van der Waals surface area (Å²) in [5.41, 5.74) is 0.874. The van der Waals surface area contributed by atoms with Gasteiger partial charge in [0.15, 0.2) is 9.84 Å². The van der Waals surface area contributed by atoms with Gasteiger partial charge in [-0.05, 0) is 5.56 Å². The Morgan fingerprint density at radius 2 is 1.94 bits per heavy atom. The summed E-state index contributed by atoms with van der Waals surface area (Å²) in [6, 6.07) is 9.17. The summed E-state index contributed by atoms with van der Waals surface area (Å²) in [7, 11) is -3.50. The Hall–Kier alpha value is -1.40. The lowest BCUT2D eigenvalue weighted by atomic mass is 10.2. The fourth-order valence-corrected chi connectivity index (χ4v) is 2.70. The van der Waals surface area contributed by atoms with Gasteiger partial charge in [-0.25, -0.2) is 8.42 Å². The van der Waals surface area contributed by atoms with Crippen LogP contribution in [0.4, 0.5) is 0 Å². The van der Waals surface area contributed by atoms with Crippen LogP contribution in [0, 0.1) is 5.92 Å². The van der Waals surface area contributed by atoms with Crippen LogP contribution in [0.25, 0.3) is 0 Å². The molecule has 18 heavy (non-hydrogen) atoms. The zero-order valence-corrected chi connectivity index (χ0v) is 10.9. The second-order valence-corrected chi connectivity index (χ2v) is 6.16. The van der Waals surface area contributed by atoms with E-state index in [4.69, 9.17) is 9.84 Å². The number of carbonyl (C=O) groups is 1. The molecular formula is C12H16O5S. The molecule has 0 aliphatic carbocycles. The molecule has 0 aliphatic heterocycles. The van der Waals surface area contributed by atoms with Gasteiger partial charge in [-0.15, -0.1) is 0 Å². The molecule has 1 aromatic carbocycles. The zero-order valence-electron chi connectivity index (χ0n) is 10.1. The molecule has 0 saturated heterocycles. The Balaban J connectivity index is 2.41. The summed E-state index contributed by atoms with van der Waals surface area (Å²) in [5, 5.41) is 8.64. The molecule has 0 aliphatic rings. The summed E-state index contributed by atoms with van der Waals surface area (Å²) in [6.07, 6.45) is 0. The number of rotatable bonds is 7. The molecule has 5 nitrogen and oxygen atoms in total. The summed E-state index contributed by atoms with van der Waals surface area (Å²) >= 11 is 0. The van der Waals surface area contributed by atoms with Crippen LogP contribution in [0.5, 0.6) is 0 Å². The average molecular weight is 272 g/mol. The molecular weight excluding hydrogens is 256 g/mol. The molecule has 1 rings (SSSR count). The molecule has 0 spiro atoms. The highest BCUT2D eigenvalue weighted by Crippen LogP contribution is 2.05. The molecule has 0 saturated carbocycles. The van der Waals surface area contributed by atoms with E-state index in [0.717, 1.165) is 5.56 Å². The Morgan fingerprint density at radius 3 is 2.50 bits per heavy atom. The topological polar surface area (TPSA) is 80.7 Å². The van der Waals surface area contributed by atoms with Gasteiger partial charge in [-0.1, -0.05) is 37.3 Å². The van der Waals surface area contributed by atoms with Crippen LogP contribution in [0.2, 0.25) is 0 Å². The lowest BCUT2D eigenvalue weighted by molar-refractivity contribution is -0.140. The number of carboxylic acids is 1. The molecule has 1 N–H and O–H groups in total. The number of hydrogen-bond donors (Lipinski definition) is 1. The number of ether oxygens (including phenoxy) is 1. The smallest absolute Gasteiger partial charge is 0.307 e. The van der Waals surface area contributed by atoms with Crippen molar-refractivity contribution in [1.29, 1.82) is 0 Å². The van der Waals surface area contributed by atoms with Crippen molar-refractivity contribution in [3.05, 3.63) is 35.9 Å². The third-order valence-electron chi connectivity index (χ3n) is 2.30. The van der Waals surface area contributed by atoms with E-state index >= 15 is 0 Å². The van der Waals surface area contributed by atoms with E-state index in [1.807, 2.05) is 30.3 Å². The number of aliphatic carboxylic acids is 1. The van der Waals surface area contributed by atoms with E-state index in [1.165, 1.54) is 6.92 Å². The fraction of sp³-hybridized carbons (Fsp3) is 0.417. The summed E-state index contributed by atoms with van der Waals surface area (Å²) in [6.45, 7) is 1.55. The minimum atomic E-state index is -3.50. The van der Waals surface area contributed by atoms with Crippen molar-refractivity contribution < 1.29 is 23.1 Å². The van der Waals surface area contributed by atoms with Gasteiger partial charge in [-0.3, -0.25) is 4.79 Å². The molecule has 100 valence electrons. The minimum absolute atomic E-state index is 0.196. The molecule has 0 aromatic heterocycles. The van der Waals surface area contributed by atoms with Gasteiger partial charge in [0.25, 0.3) is 0 Å². The summed E-state index contributed by atoms with van der Waals surface area (Å²) in [4.78, 5) is 10.6. The van der Waals surface area contributed by atoms with Gasteiger partial charge in [0.05, 0.1) is 18.3 Å².